The molecule has 0 aromatic heterocycles. The molecule has 1 spiro atoms. The van der Waals surface area contributed by atoms with E-state index < -0.39 is 193 Å². The average molecular weight is 1450 g/mol. The zero-order valence-electron chi connectivity index (χ0n) is 62.2. The number of carbonyl (C=O) groups excluding carboxylic acids is 12. The molecular formula is C73H116F4N12O13. The molecule has 0 aromatic rings. The summed E-state index contributed by atoms with van der Waals surface area (Å²) in [6, 6.07) is -11.0. The first-order valence-electron chi connectivity index (χ1n) is 37.9. The number of amides is 12. The van der Waals surface area contributed by atoms with Crippen LogP contribution in [0.15, 0.2) is 0 Å². The van der Waals surface area contributed by atoms with Crippen molar-refractivity contribution < 1.29 is 79.8 Å². The maximum absolute atomic E-state index is 15.7. The van der Waals surface area contributed by atoms with E-state index in [4.69, 9.17) is 4.74 Å². The summed E-state index contributed by atoms with van der Waals surface area (Å²) in [6.07, 6.45) is 1.06. The van der Waals surface area contributed by atoms with Gasteiger partial charge < -0.3 is 64.8 Å². The van der Waals surface area contributed by atoms with Gasteiger partial charge in [0.1, 0.15) is 66.1 Å². The quantitative estimate of drug-likeness (QED) is 0.225. The number of rotatable bonds is 11. The first kappa shape index (κ1) is 81.0. The van der Waals surface area contributed by atoms with Gasteiger partial charge in [0.05, 0.1) is 32.1 Å². The summed E-state index contributed by atoms with van der Waals surface area (Å²) in [6.45, 7) is 9.10. The maximum Gasteiger partial charge on any atom is 0.394 e. The van der Waals surface area contributed by atoms with Crippen molar-refractivity contribution in [2.24, 2.45) is 35.5 Å². The van der Waals surface area contributed by atoms with E-state index in [2.05, 4.69) is 16.0 Å². The predicted octanol–water partition coefficient (Wildman–Crippen LogP) is 5.20. The van der Waals surface area contributed by atoms with Gasteiger partial charge in [-0.25, -0.2) is 4.39 Å². The third-order valence-electron chi connectivity index (χ3n) is 24.1. The Labute approximate surface area is 599 Å². The van der Waals surface area contributed by atoms with Gasteiger partial charge in [0.25, 0.3) is 0 Å². The SMILES string of the molecule is CC[C@H](C)[C@@H]1NC(=O)[C@H](CC(C)C)N(C)C(=O)C[C@@H](C(=O)N2CCOCC2)N(C)C(=O)[C@H](C2CCCC2)N(C)C(=O)C2(CCCC2)NC(=O)[C@@H]2CCCN2C(=O)[C@H](CCC2CCC(C(F)(F)F)C(F)C2)NC(=O)CN(C)C(=O)[C@H](CC2CCCCC2)N(C)C(=O)[C@@H]2CCN2C(=O)[C@H](C)N(C)C1=O. The van der Waals surface area contributed by atoms with Crippen LogP contribution in [-0.2, 0) is 62.3 Å². The van der Waals surface area contributed by atoms with Gasteiger partial charge in [-0.15, -0.1) is 0 Å². The van der Waals surface area contributed by atoms with E-state index in [0.29, 0.717) is 38.5 Å². The van der Waals surface area contributed by atoms with Crippen LogP contribution in [-0.4, -0.2) is 275 Å². The van der Waals surface area contributed by atoms with E-state index >= 15 is 38.0 Å². The summed E-state index contributed by atoms with van der Waals surface area (Å²) >= 11 is 0. The van der Waals surface area contributed by atoms with E-state index in [1.807, 2.05) is 20.8 Å². The van der Waals surface area contributed by atoms with Crippen molar-refractivity contribution in [2.75, 3.05) is 88.2 Å². The molecule has 4 heterocycles. The molecular weight excluding hydrogens is 1330 g/mol. The van der Waals surface area contributed by atoms with Crippen LogP contribution in [0.4, 0.5) is 17.6 Å². The largest absolute Gasteiger partial charge is 0.394 e. The van der Waals surface area contributed by atoms with Crippen molar-refractivity contribution in [1.29, 1.82) is 0 Å². The summed E-state index contributed by atoms with van der Waals surface area (Å²) in [4.78, 5) is 193. The third-order valence-corrected chi connectivity index (χ3v) is 24.1. The average Bonchev–Trinajstić information content (AvgIpc) is 1.74. The number of ether oxygens (including phenoxy) is 1. The molecule has 8 aliphatic rings. The highest BCUT2D eigenvalue weighted by molar-refractivity contribution is 6.01. The Kier molecular flexibility index (Phi) is 28.1. The van der Waals surface area contributed by atoms with E-state index in [-0.39, 0.29) is 109 Å². The molecule has 25 nitrogen and oxygen atoms in total. The molecule has 3 N–H and O–H groups in total. The number of hydrogen-bond acceptors (Lipinski definition) is 13. The minimum absolute atomic E-state index is 0.000308. The zero-order chi connectivity index (χ0) is 74.8. The summed E-state index contributed by atoms with van der Waals surface area (Å²) in [5.41, 5.74) is -1.58. The number of nitrogens with zero attached hydrogens (tertiary/aromatic N) is 9. The molecule has 29 heteroatoms. The molecule has 8 fully saturated rings. The van der Waals surface area contributed by atoms with Gasteiger partial charge in [-0.1, -0.05) is 91.9 Å². The highest BCUT2D eigenvalue weighted by atomic mass is 19.4. The first-order chi connectivity index (χ1) is 48.2. The Morgan fingerprint density at radius 2 is 1.25 bits per heavy atom. The van der Waals surface area contributed by atoms with Gasteiger partial charge in [-0.3, -0.25) is 57.5 Å². The number of nitrogens with one attached hydrogen (secondary N) is 3. The van der Waals surface area contributed by atoms with Crippen molar-refractivity contribution in [1.82, 2.24) is 60.0 Å². The second-order valence-electron chi connectivity index (χ2n) is 31.4. The van der Waals surface area contributed by atoms with Crippen LogP contribution < -0.4 is 16.0 Å². The molecule has 4 aliphatic carbocycles. The molecule has 13 atom stereocenters. The van der Waals surface area contributed by atoms with Gasteiger partial charge in [0.15, 0.2) is 0 Å². The van der Waals surface area contributed by atoms with E-state index in [1.54, 1.807) is 6.92 Å². The number of fused-ring (bicyclic) bond motifs is 2. The molecule has 3 unspecified atom stereocenters. The highest BCUT2D eigenvalue weighted by Gasteiger charge is 2.53. The molecule has 4 saturated heterocycles. The zero-order valence-corrected chi connectivity index (χ0v) is 62.2. The number of carbonyl (C=O) groups is 12. The van der Waals surface area contributed by atoms with Crippen molar-refractivity contribution >= 4 is 70.9 Å². The molecule has 0 radical (unpaired) electrons. The Hall–Kier alpha value is -6.68. The van der Waals surface area contributed by atoms with E-state index in [0.717, 1.165) is 49.8 Å². The minimum atomic E-state index is -4.75. The number of morpholine rings is 1. The Morgan fingerprint density at radius 1 is 0.608 bits per heavy atom. The standard InChI is InChI=1S/C73H116F4N12O13/c1-12-45(4)60-69(99)82(7)46(5)64(94)89-34-30-54(89)67(97)84(9)56(41-47-21-14-13-15-22-47)66(96)81(6)43-58(90)78-52(29-27-48-26-28-50(51(74)40-48)73(75,76)77)65(95)88-33-20-25-53(88)63(93)80-72(31-18-19-32-72)71(101)86(11)61(49-23-16-17-24-49)70(100)85(10)57(68(98)87-35-37-102-38-36-87)42-59(91)83(8)55(39-44(2)3)62(92)79-60/h44-57,60-61H,12-43H2,1-11H3,(H,78,90)(H,79,92)(H,80,93)/t45-,46-,48?,50?,51?,52-,53-,54-,55-,56-,57-,60-,61-/m0/s1. The van der Waals surface area contributed by atoms with Crippen LogP contribution in [0.5, 0.6) is 0 Å². The van der Waals surface area contributed by atoms with Crippen molar-refractivity contribution in [3.63, 3.8) is 0 Å². The number of hydrogen-bond donors (Lipinski definition) is 3. The molecule has 4 aliphatic heterocycles. The lowest BCUT2D eigenvalue weighted by Gasteiger charge is -2.45. The Bertz CT molecular complexity index is 3010. The molecule has 8 rings (SSSR count). The maximum atomic E-state index is 15.7. The lowest BCUT2D eigenvalue weighted by Crippen LogP contribution is -2.65. The van der Waals surface area contributed by atoms with Gasteiger partial charge in [-0.05, 0) is 126 Å². The molecule has 4 saturated carbocycles. The van der Waals surface area contributed by atoms with Crippen molar-refractivity contribution in [3.05, 3.63) is 0 Å². The van der Waals surface area contributed by atoms with Crippen LogP contribution in [0.25, 0.3) is 0 Å². The number of halogens is 4. The Balaban J connectivity index is 1.17. The van der Waals surface area contributed by atoms with Crippen LogP contribution in [0.1, 0.15) is 195 Å². The monoisotopic (exact) mass is 1440 g/mol. The van der Waals surface area contributed by atoms with E-state index in [1.165, 1.54) is 88.4 Å². The van der Waals surface area contributed by atoms with Gasteiger partial charge in [0.2, 0.25) is 70.9 Å². The van der Waals surface area contributed by atoms with Crippen molar-refractivity contribution in [3.8, 4) is 0 Å². The van der Waals surface area contributed by atoms with Gasteiger partial charge in [0, 0.05) is 68.5 Å². The topological polar surface area (TPSA) is 279 Å². The Morgan fingerprint density at radius 3 is 1.84 bits per heavy atom. The van der Waals surface area contributed by atoms with Crippen LogP contribution >= 0.6 is 0 Å². The number of likely N-dealkylation sites (N-methyl/N-ethyl adjacent to an activating group) is 6. The van der Waals surface area contributed by atoms with Crippen LogP contribution in [0.3, 0.4) is 0 Å². The van der Waals surface area contributed by atoms with Crippen molar-refractivity contribution in [2.45, 2.75) is 267 Å². The number of alkyl halides is 4. The predicted molar refractivity (Wildman–Crippen MR) is 369 cm³/mol. The fraction of sp³-hybridized carbons (Fsp3) is 0.836. The molecule has 574 valence electrons. The molecule has 12 amide bonds. The molecule has 0 aromatic carbocycles. The van der Waals surface area contributed by atoms with Crippen LogP contribution in [0, 0.1) is 35.5 Å². The third kappa shape index (κ3) is 18.9. The van der Waals surface area contributed by atoms with Gasteiger partial charge in [-0.2, -0.15) is 13.2 Å². The van der Waals surface area contributed by atoms with Crippen LogP contribution in [0.2, 0.25) is 0 Å². The first-order valence-corrected chi connectivity index (χ1v) is 37.9. The van der Waals surface area contributed by atoms with Gasteiger partial charge >= 0.3 is 6.18 Å². The second-order valence-corrected chi connectivity index (χ2v) is 31.4. The molecule has 102 heavy (non-hydrogen) atoms. The summed E-state index contributed by atoms with van der Waals surface area (Å²) in [5, 5.41) is 8.79. The normalized spacial score (nSPS) is 31.5. The second kappa shape index (κ2) is 35.4. The fourth-order valence-electron chi connectivity index (χ4n) is 17.2. The fourth-order valence-corrected chi connectivity index (χ4v) is 17.2. The lowest BCUT2D eigenvalue weighted by molar-refractivity contribution is -0.201. The smallest absolute Gasteiger partial charge is 0.378 e. The summed E-state index contributed by atoms with van der Waals surface area (Å²) in [5.74, 6) is -11.5. The highest BCUT2D eigenvalue weighted by Crippen LogP contribution is 2.43. The summed E-state index contributed by atoms with van der Waals surface area (Å²) in [7, 11) is 8.66. The lowest BCUT2D eigenvalue weighted by atomic mass is 9.78. The minimum Gasteiger partial charge on any atom is -0.378 e. The summed E-state index contributed by atoms with van der Waals surface area (Å²) < 4.78 is 62.6. The molecule has 0 bridgehead atoms. The van der Waals surface area contributed by atoms with E-state index in [9.17, 15) is 37.1 Å².